The van der Waals surface area contributed by atoms with E-state index in [1.54, 1.807) is 25.1 Å². The van der Waals surface area contributed by atoms with Gasteiger partial charge in [0.2, 0.25) is 0 Å². The quantitative estimate of drug-likeness (QED) is 0.488. The third-order valence-corrected chi connectivity index (χ3v) is 1.63. The Morgan fingerprint density at radius 1 is 1.45 bits per heavy atom. The molecule has 1 rings (SSSR count). The molecule has 0 fully saturated rings. The van der Waals surface area contributed by atoms with Crippen molar-refractivity contribution in [2.24, 2.45) is 0 Å². The highest BCUT2D eigenvalue weighted by molar-refractivity contribution is 5.95. The molecule has 0 heterocycles. The van der Waals surface area contributed by atoms with E-state index in [4.69, 9.17) is 5.73 Å². The number of benzene rings is 1. The van der Waals surface area contributed by atoms with E-state index in [9.17, 15) is 4.79 Å². The molecule has 1 aromatic carbocycles. The van der Waals surface area contributed by atoms with Gasteiger partial charge in [-0.25, -0.2) is 0 Å². The summed E-state index contributed by atoms with van der Waals surface area (Å²) in [7, 11) is 0. The van der Waals surface area contributed by atoms with E-state index in [1.807, 2.05) is 6.92 Å². The van der Waals surface area contributed by atoms with E-state index >= 15 is 0 Å². The van der Waals surface area contributed by atoms with E-state index in [1.165, 1.54) is 0 Å². The molecule has 0 unspecified atom stereocenters. The van der Waals surface area contributed by atoms with E-state index in [0.29, 0.717) is 5.69 Å². The van der Waals surface area contributed by atoms with Gasteiger partial charge in [0.25, 0.3) is 0 Å². The Hall–Kier alpha value is -1.31. The number of anilines is 1. The van der Waals surface area contributed by atoms with E-state index in [2.05, 4.69) is 0 Å². The molecule has 2 nitrogen and oxygen atoms in total. The van der Waals surface area contributed by atoms with E-state index in [0.717, 1.165) is 11.1 Å². The summed E-state index contributed by atoms with van der Waals surface area (Å²) in [5.74, 6) is 0.0856. The van der Waals surface area contributed by atoms with Crippen LogP contribution in [-0.4, -0.2) is 5.78 Å². The first-order valence-electron chi connectivity index (χ1n) is 3.48. The highest BCUT2D eigenvalue weighted by Crippen LogP contribution is 2.12. The molecule has 1 aromatic rings. The number of hydrogen-bond acceptors (Lipinski definition) is 2. The number of Topliss-reactive ketones (excluding diaryl/α,β-unsaturated/α-hetero) is 1. The fraction of sp³-hybridized carbons (Fsp3) is 0.222. The summed E-state index contributed by atoms with van der Waals surface area (Å²) in [6, 6.07) is 5.30. The molecule has 0 saturated carbocycles. The maximum atomic E-state index is 10.9. The van der Waals surface area contributed by atoms with Crippen molar-refractivity contribution in [3.8, 4) is 0 Å². The Kier molecular flexibility index (Phi) is 1.94. The lowest BCUT2D eigenvalue weighted by molar-refractivity contribution is 0.101. The third kappa shape index (κ3) is 1.58. The summed E-state index contributed by atoms with van der Waals surface area (Å²) in [6.45, 7) is 3.44. The van der Waals surface area contributed by atoms with Gasteiger partial charge in [0, 0.05) is 11.3 Å². The summed E-state index contributed by atoms with van der Waals surface area (Å²) in [4.78, 5) is 10.9. The van der Waals surface area contributed by atoms with Gasteiger partial charge in [-0.3, -0.25) is 4.79 Å². The van der Waals surface area contributed by atoms with Crippen molar-refractivity contribution in [3.63, 3.8) is 0 Å². The molecule has 11 heavy (non-hydrogen) atoms. The predicted octanol–water partition coefficient (Wildman–Crippen LogP) is 1.78. The number of rotatable bonds is 1. The average Bonchev–Trinajstić information content (AvgIpc) is 1.85. The summed E-state index contributed by atoms with van der Waals surface area (Å²) in [5, 5.41) is 0. The minimum atomic E-state index is 0.0856. The third-order valence-electron chi connectivity index (χ3n) is 1.63. The number of carbonyl (C=O) groups excluding carboxylic acids is 1. The number of aryl methyl sites for hydroxylation is 1. The van der Waals surface area contributed by atoms with Crippen LogP contribution in [0.2, 0.25) is 0 Å². The molecular formula is C9H11NO. The van der Waals surface area contributed by atoms with Gasteiger partial charge in [0.05, 0.1) is 0 Å². The minimum absolute atomic E-state index is 0.0856. The fourth-order valence-electron chi connectivity index (χ4n) is 1.08. The Balaban J connectivity index is 3.20. The average molecular weight is 149 g/mol. The van der Waals surface area contributed by atoms with Crippen molar-refractivity contribution in [2.75, 3.05) is 5.73 Å². The highest BCUT2D eigenvalue weighted by atomic mass is 16.1. The van der Waals surface area contributed by atoms with Crippen LogP contribution in [0.3, 0.4) is 0 Å². The Morgan fingerprint density at radius 3 is 2.55 bits per heavy atom. The van der Waals surface area contributed by atoms with Gasteiger partial charge in [0.1, 0.15) is 0 Å². The molecule has 0 spiro atoms. The molecule has 0 aliphatic heterocycles. The van der Waals surface area contributed by atoms with Gasteiger partial charge < -0.3 is 5.73 Å². The first-order chi connectivity index (χ1) is 5.11. The van der Waals surface area contributed by atoms with Crippen LogP contribution in [-0.2, 0) is 0 Å². The number of hydrogen-bond donors (Lipinski definition) is 1. The second kappa shape index (κ2) is 2.74. The lowest BCUT2D eigenvalue weighted by Gasteiger charge is -2.01. The maximum Gasteiger partial charge on any atom is 0.160 e. The highest BCUT2D eigenvalue weighted by Gasteiger charge is 2.01. The standard InChI is InChI=1S/C9H11NO/c1-6-5-8(10)3-4-9(6)7(2)11/h3-5H,10H2,1-2H3. The summed E-state index contributed by atoms with van der Waals surface area (Å²) in [6.07, 6.45) is 0. The number of nitrogens with two attached hydrogens (primary N) is 1. The van der Waals surface area contributed by atoms with Gasteiger partial charge in [-0.1, -0.05) is 0 Å². The Bertz CT molecular complexity index is 292. The van der Waals surface area contributed by atoms with Crippen molar-refractivity contribution in [2.45, 2.75) is 13.8 Å². The number of ketones is 1. The van der Waals surface area contributed by atoms with Crippen LogP contribution in [0.25, 0.3) is 0 Å². The van der Waals surface area contributed by atoms with Gasteiger partial charge in [0.15, 0.2) is 5.78 Å². The monoisotopic (exact) mass is 149 g/mol. The normalized spacial score (nSPS) is 9.64. The maximum absolute atomic E-state index is 10.9. The molecule has 2 N–H and O–H groups in total. The van der Waals surface area contributed by atoms with Crippen LogP contribution < -0.4 is 5.73 Å². The largest absolute Gasteiger partial charge is 0.399 e. The minimum Gasteiger partial charge on any atom is -0.399 e. The van der Waals surface area contributed by atoms with Crippen molar-refractivity contribution in [1.29, 1.82) is 0 Å². The lowest BCUT2D eigenvalue weighted by Crippen LogP contribution is -1.96. The molecule has 0 atom stereocenters. The van der Waals surface area contributed by atoms with Crippen molar-refractivity contribution in [3.05, 3.63) is 29.3 Å². The van der Waals surface area contributed by atoms with Crippen molar-refractivity contribution >= 4 is 11.5 Å². The molecule has 0 bridgehead atoms. The zero-order valence-electron chi connectivity index (χ0n) is 6.72. The lowest BCUT2D eigenvalue weighted by atomic mass is 10.1. The fourth-order valence-corrected chi connectivity index (χ4v) is 1.08. The smallest absolute Gasteiger partial charge is 0.160 e. The Morgan fingerprint density at radius 2 is 2.09 bits per heavy atom. The summed E-state index contributed by atoms with van der Waals surface area (Å²) in [5.41, 5.74) is 7.91. The number of carbonyl (C=O) groups is 1. The molecule has 0 saturated heterocycles. The zero-order chi connectivity index (χ0) is 8.43. The van der Waals surface area contributed by atoms with Crippen LogP contribution >= 0.6 is 0 Å². The van der Waals surface area contributed by atoms with E-state index in [-0.39, 0.29) is 5.78 Å². The summed E-state index contributed by atoms with van der Waals surface area (Å²) >= 11 is 0. The van der Waals surface area contributed by atoms with Crippen molar-refractivity contribution < 1.29 is 4.79 Å². The van der Waals surface area contributed by atoms with Crippen LogP contribution in [0, 0.1) is 6.92 Å². The number of nitrogen functional groups attached to an aromatic ring is 1. The summed E-state index contributed by atoms with van der Waals surface area (Å²) < 4.78 is 0. The zero-order valence-corrected chi connectivity index (χ0v) is 6.72. The second-order valence-electron chi connectivity index (χ2n) is 2.63. The van der Waals surface area contributed by atoms with Crippen LogP contribution in [0.1, 0.15) is 22.8 Å². The predicted molar refractivity (Wildman–Crippen MR) is 45.6 cm³/mol. The van der Waals surface area contributed by atoms with Gasteiger partial charge >= 0.3 is 0 Å². The molecule has 0 amide bonds. The first-order valence-corrected chi connectivity index (χ1v) is 3.48. The molecule has 0 aliphatic rings. The molecule has 0 radical (unpaired) electrons. The molecule has 2 heteroatoms. The van der Waals surface area contributed by atoms with Crippen molar-refractivity contribution in [1.82, 2.24) is 0 Å². The molecule has 0 aromatic heterocycles. The molecule has 58 valence electrons. The van der Waals surface area contributed by atoms with Crippen LogP contribution in [0.4, 0.5) is 5.69 Å². The van der Waals surface area contributed by atoms with Gasteiger partial charge in [-0.05, 0) is 37.6 Å². The first kappa shape index (κ1) is 7.79. The van der Waals surface area contributed by atoms with Crippen LogP contribution in [0.5, 0.6) is 0 Å². The Labute approximate surface area is 66.0 Å². The molecular weight excluding hydrogens is 138 g/mol. The van der Waals surface area contributed by atoms with Gasteiger partial charge in [-0.15, -0.1) is 0 Å². The SMILES string of the molecule is CC(=O)c1ccc(N)cc1C. The van der Waals surface area contributed by atoms with Crippen LogP contribution in [0.15, 0.2) is 18.2 Å². The molecule has 0 aliphatic carbocycles. The topological polar surface area (TPSA) is 43.1 Å². The van der Waals surface area contributed by atoms with E-state index < -0.39 is 0 Å². The van der Waals surface area contributed by atoms with Gasteiger partial charge in [-0.2, -0.15) is 0 Å². The second-order valence-corrected chi connectivity index (χ2v) is 2.63.